The van der Waals surface area contributed by atoms with Crippen LogP contribution < -0.4 is 5.73 Å². The summed E-state index contributed by atoms with van der Waals surface area (Å²) in [5.74, 6) is 0.0650. The first kappa shape index (κ1) is 14.0. The molecule has 4 nitrogen and oxygen atoms in total. The minimum atomic E-state index is -0.386. The van der Waals surface area contributed by atoms with E-state index in [0.717, 1.165) is 32.7 Å². The Hall–Kier alpha value is -1.39. The highest BCUT2D eigenvalue weighted by Crippen LogP contribution is 2.10. The highest BCUT2D eigenvalue weighted by Gasteiger charge is 2.22. The molecule has 2 rings (SSSR count). The predicted molar refractivity (Wildman–Crippen MR) is 76.7 cm³/mol. The van der Waals surface area contributed by atoms with Gasteiger partial charge in [0, 0.05) is 32.7 Å². The van der Waals surface area contributed by atoms with Gasteiger partial charge in [-0.15, -0.1) is 0 Å². The van der Waals surface area contributed by atoms with Crippen LogP contribution >= 0.6 is 0 Å². The van der Waals surface area contributed by atoms with Gasteiger partial charge < -0.3 is 10.6 Å². The fraction of sp³-hybridized carbons (Fsp3) is 0.533. The molecule has 4 heteroatoms. The van der Waals surface area contributed by atoms with Crippen molar-refractivity contribution in [2.75, 3.05) is 26.2 Å². The number of benzene rings is 1. The maximum atomic E-state index is 11.8. The molecule has 1 aromatic carbocycles. The van der Waals surface area contributed by atoms with Gasteiger partial charge in [0.25, 0.3) is 0 Å². The van der Waals surface area contributed by atoms with Gasteiger partial charge in [0.05, 0.1) is 6.04 Å². The number of rotatable bonds is 3. The van der Waals surface area contributed by atoms with Crippen molar-refractivity contribution in [1.82, 2.24) is 9.80 Å². The molecule has 2 N–H and O–H groups in total. The second-order valence-corrected chi connectivity index (χ2v) is 5.38. The van der Waals surface area contributed by atoms with E-state index >= 15 is 0 Å². The lowest BCUT2D eigenvalue weighted by atomic mass is 10.1. The van der Waals surface area contributed by atoms with Gasteiger partial charge >= 0.3 is 0 Å². The summed E-state index contributed by atoms with van der Waals surface area (Å²) in [6.45, 7) is 8.24. The molecule has 0 unspecified atom stereocenters. The number of carbonyl (C=O) groups is 1. The van der Waals surface area contributed by atoms with Crippen molar-refractivity contribution in [3.8, 4) is 0 Å². The molecule has 1 heterocycles. The predicted octanol–water partition coefficient (Wildman–Crippen LogP) is 0.986. The Morgan fingerprint density at radius 2 is 2.00 bits per heavy atom. The van der Waals surface area contributed by atoms with Gasteiger partial charge in [-0.2, -0.15) is 0 Å². The molecule has 1 saturated heterocycles. The summed E-state index contributed by atoms with van der Waals surface area (Å²) in [6.07, 6.45) is 0. The van der Waals surface area contributed by atoms with E-state index < -0.39 is 0 Å². The van der Waals surface area contributed by atoms with Crippen LogP contribution in [0.2, 0.25) is 0 Å². The maximum Gasteiger partial charge on any atom is 0.239 e. The molecule has 1 amide bonds. The number of hydrogen-bond donors (Lipinski definition) is 1. The van der Waals surface area contributed by atoms with Crippen molar-refractivity contribution in [2.45, 2.75) is 26.4 Å². The fourth-order valence-corrected chi connectivity index (χ4v) is 2.48. The molecular formula is C15H23N3O. The van der Waals surface area contributed by atoms with E-state index in [9.17, 15) is 4.79 Å². The smallest absolute Gasteiger partial charge is 0.239 e. The molecule has 1 aliphatic heterocycles. The van der Waals surface area contributed by atoms with Crippen LogP contribution in [0.25, 0.3) is 0 Å². The van der Waals surface area contributed by atoms with Crippen LogP contribution in [-0.2, 0) is 11.3 Å². The quantitative estimate of drug-likeness (QED) is 0.882. The number of aryl methyl sites for hydroxylation is 1. The summed E-state index contributed by atoms with van der Waals surface area (Å²) < 4.78 is 0. The van der Waals surface area contributed by atoms with Gasteiger partial charge in [-0.05, 0) is 19.4 Å². The molecule has 0 spiro atoms. The lowest BCUT2D eigenvalue weighted by Gasteiger charge is -2.35. The lowest BCUT2D eigenvalue weighted by Crippen LogP contribution is -2.52. The molecule has 0 aliphatic carbocycles. The SMILES string of the molecule is Cc1cccc(CN2CCN(C(=O)[C@H](C)N)CC2)c1. The zero-order chi connectivity index (χ0) is 13.8. The van der Waals surface area contributed by atoms with E-state index in [1.165, 1.54) is 11.1 Å². The monoisotopic (exact) mass is 261 g/mol. The first-order valence-corrected chi connectivity index (χ1v) is 6.88. The van der Waals surface area contributed by atoms with Gasteiger partial charge in [-0.3, -0.25) is 9.69 Å². The Bertz CT molecular complexity index is 437. The molecule has 0 aromatic heterocycles. The molecule has 1 aliphatic rings. The molecule has 1 atom stereocenters. The standard InChI is InChI=1S/C15H23N3O/c1-12-4-3-5-14(10-12)11-17-6-8-18(9-7-17)15(19)13(2)16/h3-5,10,13H,6-9,11,16H2,1-2H3/t13-/m0/s1. The molecule has 1 aromatic rings. The van der Waals surface area contributed by atoms with Gasteiger partial charge in [-0.1, -0.05) is 29.8 Å². The summed E-state index contributed by atoms with van der Waals surface area (Å²) in [6, 6.07) is 8.21. The van der Waals surface area contributed by atoms with Gasteiger partial charge in [0.1, 0.15) is 0 Å². The Morgan fingerprint density at radius 1 is 1.32 bits per heavy atom. The summed E-state index contributed by atoms with van der Waals surface area (Å²) >= 11 is 0. The van der Waals surface area contributed by atoms with Crippen LogP contribution in [0.5, 0.6) is 0 Å². The van der Waals surface area contributed by atoms with Crippen LogP contribution in [0.15, 0.2) is 24.3 Å². The number of piperazine rings is 1. The molecular weight excluding hydrogens is 238 g/mol. The minimum Gasteiger partial charge on any atom is -0.339 e. The number of hydrogen-bond acceptors (Lipinski definition) is 3. The maximum absolute atomic E-state index is 11.8. The van der Waals surface area contributed by atoms with E-state index in [-0.39, 0.29) is 11.9 Å². The van der Waals surface area contributed by atoms with Crippen LogP contribution in [-0.4, -0.2) is 47.9 Å². The Labute approximate surface area is 115 Å². The van der Waals surface area contributed by atoms with Crippen LogP contribution in [0.4, 0.5) is 0 Å². The second-order valence-electron chi connectivity index (χ2n) is 5.38. The van der Waals surface area contributed by atoms with Crippen molar-refractivity contribution in [3.05, 3.63) is 35.4 Å². The largest absolute Gasteiger partial charge is 0.339 e. The van der Waals surface area contributed by atoms with Crippen molar-refractivity contribution in [2.24, 2.45) is 5.73 Å². The molecule has 104 valence electrons. The second kappa shape index (κ2) is 6.17. The van der Waals surface area contributed by atoms with Crippen molar-refractivity contribution in [3.63, 3.8) is 0 Å². The third-order valence-corrected chi connectivity index (χ3v) is 3.56. The van der Waals surface area contributed by atoms with E-state index in [1.54, 1.807) is 6.92 Å². The van der Waals surface area contributed by atoms with Crippen LogP contribution in [0.3, 0.4) is 0 Å². The molecule has 19 heavy (non-hydrogen) atoms. The van der Waals surface area contributed by atoms with Crippen LogP contribution in [0.1, 0.15) is 18.1 Å². The summed E-state index contributed by atoms with van der Waals surface area (Å²) in [4.78, 5) is 16.1. The van der Waals surface area contributed by atoms with Crippen molar-refractivity contribution >= 4 is 5.91 Å². The van der Waals surface area contributed by atoms with E-state index in [0.29, 0.717) is 0 Å². The number of amides is 1. The normalized spacial score (nSPS) is 18.4. The minimum absolute atomic E-state index is 0.0650. The molecule has 0 radical (unpaired) electrons. The topological polar surface area (TPSA) is 49.6 Å². The summed E-state index contributed by atoms with van der Waals surface area (Å²) in [5, 5.41) is 0. The summed E-state index contributed by atoms with van der Waals surface area (Å²) in [7, 11) is 0. The molecule has 0 bridgehead atoms. The fourth-order valence-electron chi connectivity index (χ4n) is 2.48. The Kier molecular flexibility index (Phi) is 4.56. The summed E-state index contributed by atoms with van der Waals surface area (Å²) in [5.41, 5.74) is 8.27. The molecule has 1 fully saturated rings. The Balaban J connectivity index is 1.85. The first-order chi connectivity index (χ1) is 9.06. The van der Waals surface area contributed by atoms with Crippen LogP contribution in [0, 0.1) is 6.92 Å². The number of carbonyl (C=O) groups excluding carboxylic acids is 1. The van der Waals surface area contributed by atoms with Crippen molar-refractivity contribution in [1.29, 1.82) is 0 Å². The highest BCUT2D eigenvalue weighted by atomic mass is 16.2. The van der Waals surface area contributed by atoms with E-state index in [4.69, 9.17) is 5.73 Å². The zero-order valence-corrected chi connectivity index (χ0v) is 11.8. The third-order valence-electron chi connectivity index (χ3n) is 3.56. The van der Waals surface area contributed by atoms with E-state index in [1.807, 2.05) is 4.90 Å². The van der Waals surface area contributed by atoms with Crippen molar-refractivity contribution < 1.29 is 4.79 Å². The average molecular weight is 261 g/mol. The van der Waals surface area contributed by atoms with Gasteiger partial charge in [-0.25, -0.2) is 0 Å². The first-order valence-electron chi connectivity index (χ1n) is 6.88. The lowest BCUT2D eigenvalue weighted by molar-refractivity contribution is -0.134. The Morgan fingerprint density at radius 3 is 2.58 bits per heavy atom. The number of nitrogens with zero attached hydrogens (tertiary/aromatic N) is 2. The third kappa shape index (κ3) is 3.78. The van der Waals surface area contributed by atoms with Gasteiger partial charge in [0.15, 0.2) is 0 Å². The number of nitrogens with two attached hydrogens (primary N) is 1. The highest BCUT2D eigenvalue weighted by molar-refractivity contribution is 5.81. The zero-order valence-electron chi connectivity index (χ0n) is 11.8. The van der Waals surface area contributed by atoms with Gasteiger partial charge in [0.2, 0.25) is 5.91 Å². The average Bonchev–Trinajstić information content (AvgIpc) is 2.39. The molecule has 0 saturated carbocycles. The van der Waals surface area contributed by atoms with E-state index in [2.05, 4.69) is 36.1 Å².